The average Bonchev–Trinajstić information content (AvgIpc) is 3.30. The Morgan fingerprint density at radius 3 is 2.39 bits per heavy atom. The van der Waals surface area contributed by atoms with Gasteiger partial charge < -0.3 is 15.0 Å². The first-order chi connectivity index (χ1) is 15.7. The van der Waals surface area contributed by atoms with Crippen LogP contribution in [0.4, 0.5) is 0 Å². The van der Waals surface area contributed by atoms with E-state index in [0.29, 0.717) is 23.2 Å². The Labute approximate surface area is 210 Å². The van der Waals surface area contributed by atoms with Gasteiger partial charge in [-0.15, -0.1) is 0 Å². The molecule has 0 bridgehead atoms. The van der Waals surface area contributed by atoms with Crippen LogP contribution in [0.15, 0.2) is 46.9 Å². The fourth-order valence-corrected chi connectivity index (χ4v) is 4.61. The smallest absolute Gasteiger partial charge is 0.261 e. The van der Waals surface area contributed by atoms with E-state index in [-0.39, 0.29) is 24.5 Å². The SMILES string of the molecule is CC(C)c1ccc(OCC(=O)N(Cc2ccc(Cl)cc2)[C@@H](C)C(=O)NC2CCCC2)c(Br)c1. The van der Waals surface area contributed by atoms with Gasteiger partial charge in [0.2, 0.25) is 5.91 Å². The number of nitrogens with zero attached hydrogens (tertiary/aromatic N) is 1. The van der Waals surface area contributed by atoms with Crippen molar-refractivity contribution < 1.29 is 14.3 Å². The van der Waals surface area contributed by atoms with E-state index in [9.17, 15) is 9.59 Å². The third-order valence-electron chi connectivity index (χ3n) is 6.11. The monoisotopic (exact) mass is 534 g/mol. The molecule has 0 heterocycles. The van der Waals surface area contributed by atoms with E-state index in [1.54, 1.807) is 24.0 Å². The quantitative estimate of drug-likeness (QED) is 0.423. The molecule has 1 fully saturated rings. The topological polar surface area (TPSA) is 58.6 Å². The number of hydrogen-bond acceptors (Lipinski definition) is 3. The van der Waals surface area contributed by atoms with Crippen LogP contribution in [0.1, 0.15) is 63.5 Å². The second-order valence-electron chi connectivity index (χ2n) is 8.95. The van der Waals surface area contributed by atoms with Gasteiger partial charge in [0.15, 0.2) is 6.61 Å². The van der Waals surface area contributed by atoms with Crippen LogP contribution >= 0.6 is 27.5 Å². The highest BCUT2D eigenvalue weighted by atomic mass is 79.9. The van der Waals surface area contributed by atoms with Crippen molar-refractivity contribution in [1.82, 2.24) is 10.2 Å². The molecule has 178 valence electrons. The first-order valence-electron chi connectivity index (χ1n) is 11.5. The van der Waals surface area contributed by atoms with Gasteiger partial charge >= 0.3 is 0 Å². The molecule has 3 rings (SSSR count). The van der Waals surface area contributed by atoms with Crippen LogP contribution in [0.3, 0.4) is 0 Å². The van der Waals surface area contributed by atoms with Crippen molar-refractivity contribution in [2.45, 2.75) is 71.0 Å². The lowest BCUT2D eigenvalue weighted by Gasteiger charge is -2.29. The Kier molecular flexibility index (Phi) is 9.21. The minimum Gasteiger partial charge on any atom is -0.483 e. The largest absolute Gasteiger partial charge is 0.483 e. The summed E-state index contributed by atoms with van der Waals surface area (Å²) in [4.78, 5) is 27.8. The molecule has 5 nitrogen and oxygen atoms in total. The highest BCUT2D eigenvalue weighted by Crippen LogP contribution is 2.29. The maximum atomic E-state index is 13.2. The van der Waals surface area contributed by atoms with E-state index in [1.165, 1.54) is 5.56 Å². The molecule has 1 N–H and O–H groups in total. The van der Waals surface area contributed by atoms with Gasteiger partial charge in [0, 0.05) is 17.6 Å². The van der Waals surface area contributed by atoms with Crippen molar-refractivity contribution in [2.24, 2.45) is 0 Å². The second kappa shape index (κ2) is 11.9. The Bertz CT molecular complexity index is 959. The molecule has 0 unspecified atom stereocenters. The summed E-state index contributed by atoms with van der Waals surface area (Å²) in [5.74, 6) is 0.610. The Morgan fingerprint density at radius 2 is 1.79 bits per heavy atom. The summed E-state index contributed by atoms with van der Waals surface area (Å²) in [7, 11) is 0. The summed E-state index contributed by atoms with van der Waals surface area (Å²) < 4.78 is 6.65. The fourth-order valence-electron chi connectivity index (χ4n) is 3.98. The van der Waals surface area contributed by atoms with Gasteiger partial charge in [-0.25, -0.2) is 0 Å². The average molecular weight is 536 g/mol. The number of amides is 2. The highest BCUT2D eigenvalue weighted by Gasteiger charge is 2.29. The third kappa shape index (κ3) is 7.21. The molecule has 1 aliphatic rings. The molecule has 2 amide bonds. The predicted molar refractivity (Wildman–Crippen MR) is 136 cm³/mol. The van der Waals surface area contributed by atoms with Crippen molar-refractivity contribution in [3.8, 4) is 5.75 Å². The zero-order chi connectivity index (χ0) is 24.0. The van der Waals surface area contributed by atoms with E-state index in [4.69, 9.17) is 16.3 Å². The fraction of sp³-hybridized carbons (Fsp3) is 0.462. The number of carbonyl (C=O) groups excluding carboxylic acids is 2. The van der Waals surface area contributed by atoms with Gasteiger partial charge in [0.05, 0.1) is 4.47 Å². The number of halogens is 2. The minimum absolute atomic E-state index is 0.133. The summed E-state index contributed by atoms with van der Waals surface area (Å²) in [6, 6.07) is 12.7. The molecule has 0 spiro atoms. The summed E-state index contributed by atoms with van der Waals surface area (Å²) in [6.07, 6.45) is 4.25. The first kappa shape index (κ1) is 25.6. The molecular formula is C26H32BrClN2O3. The van der Waals surface area contributed by atoms with Crippen molar-refractivity contribution >= 4 is 39.3 Å². The van der Waals surface area contributed by atoms with Crippen molar-refractivity contribution in [2.75, 3.05) is 6.61 Å². The third-order valence-corrected chi connectivity index (χ3v) is 6.98. The zero-order valence-electron chi connectivity index (χ0n) is 19.4. The van der Waals surface area contributed by atoms with Gasteiger partial charge in [0.25, 0.3) is 5.91 Å². The maximum Gasteiger partial charge on any atom is 0.261 e. The maximum absolute atomic E-state index is 13.2. The van der Waals surface area contributed by atoms with Crippen molar-refractivity contribution in [3.05, 3.63) is 63.1 Å². The van der Waals surface area contributed by atoms with Gasteiger partial charge in [-0.05, 0) is 77.0 Å². The van der Waals surface area contributed by atoms with Crippen LogP contribution in [-0.4, -0.2) is 35.4 Å². The van der Waals surface area contributed by atoms with Gasteiger partial charge in [-0.1, -0.05) is 56.5 Å². The standard InChI is InChI=1S/C26H32BrClN2O3/c1-17(2)20-10-13-24(23(27)14-20)33-16-25(31)30(15-19-8-11-21(28)12-9-19)18(3)26(32)29-22-6-4-5-7-22/h8-14,17-18,22H,4-7,15-16H2,1-3H3,(H,29,32)/t18-/m0/s1. The molecule has 1 aliphatic carbocycles. The second-order valence-corrected chi connectivity index (χ2v) is 10.2. The molecular weight excluding hydrogens is 504 g/mol. The molecule has 7 heteroatoms. The summed E-state index contributed by atoms with van der Waals surface area (Å²) >= 11 is 9.55. The van der Waals surface area contributed by atoms with Crippen LogP contribution in [-0.2, 0) is 16.1 Å². The normalized spacial score (nSPS) is 14.8. The summed E-state index contributed by atoms with van der Waals surface area (Å²) in [5, 5.41) is 3.73. The lowest BCUT2D eigenvalue weighted by Crippen LogP contribution is -2.50. The van der Waals surface area contributed by atoms with Crippen LogP contribution in [0, 0.1) is 0 Å². The van der Waals surface area contributed by atoms with Crippen molar-refractivity contribution in [1.29, 1.82) is 0 Å². The Hall–Kier alpha value is -2.05. The first-order valence-corrected chi connectivity index (χ1v) is 12.7. The minimum atomic E-state index is -0.621. The van der Waals surface area contributed by atoms with E-state index in [0.717, 1.165) is 35.7 Å². The number of rotatable bonds is 9. The Balaban J connectivity index is 1.72. The molecule has 2 aromatic rings. The van der Waals surface area contributed by atoms with Crippen LogP contribution in [0.5, 0.6) is 5.75 Å². The summed E-state index contributed by atoms with van der Waals surface area (Å²) in [6.45, 7) is 6.16. The number of nitrogens with one attached hydrogen (secondary N) is 1. The summed E-state index contributed by atoms with van der Waals surface area (Å²) in [5.41, 5.74) is 2.08. The molecule has 0 saturated heterocycles. The molecule has 1 atom stereocenters. The van der Waals surface area contributed by atoms with Crippen LogP contribution < -0.4 is 10.1 Å². The Morgan fingerprint density at radius 1 is 1.12 bits per heavy atom. The van der Waals surface area contributed by atoms with Gasteiger partial charge in [0.1, 0.15) is 11.8 Å². The molecule has 33 heavy (non-hydrogen) atoms. The van der Waals surface area contributed by atoms with Gasteiger partial charge in [-0.3, -0.25) is 9.59 Å². The molecule has 1 saturated carbocycles. The predicted octanol–water partition coefficient (Wildman–Crippen LogP) is 6.08. The van der Waals surface area contributed by atoms with E-state index < -0.39 is 6.04 Å². The molecule has 0 aliphatic heterocycles. The zero-order valence-corrected chi connectivity index (χ0v) is 21.8. The molecule has 0 aromatic heterocycles. The number of ether oxygens (including phenoxy) is 1. The van der Waals surface area contributed by atoms with E-state index in [2.05, 4.69) is 35.1 Å². The number of hydrogen-bond donors (Lipinski definition) is 1. The van der Waals surface area contributed by atoms with Crippen molar-refractivity contribution in [3.63, 3.8) is 0 Å². The van der Waals surface area contributed by atoms with Crippen LogP contribution in [0.25, 0.3) is 0 Å². The van der Waals surface area contributed by atoms with Crippen LogP contribution in [0.2, 0.25) is 5.02 Å². The molecule has 0 radical (unpaired) electrons. The molecule has 2 aromatic carbocycles. The van der Waals surface area contributed by atoms with E-state index >= 15 is 0 Å². The van der Waals surface area contributed by atoms with E-state index in [1.807, 2.05) is 30.3 Å². The number of benzene rings is 2. The van der Waals surface area contributed by atoms with Gasteiger partial charge in [-0.2, -0.15) is 0 Å². The lowest BCUT2D eigenvalue weighted by atomic mass is 10.0. The number of carbonyl (C=O) groups is 2. The highest BCUT2D eigenvalue weighted by molar-refractivity contribution is 9.10. The lowest BCUT2D eigenvalue weighted by molar-refractivity contribution is -0.142.